The highest BCUT2D eigenvalue weighted by atomic mass is 32.2. The van der Waals surface area contributed by atoms with Crippen LogP contribution >= 0.6 is 0 Å². The van der Waals surface area contributed by atoms with E-state index in [0.29, 0.717) is 23.9 Å². The van der Waals surface area contributed by atoms with Crippen LogP contribution in [0.25, 0.3) is 0 Å². The first-order valence-electron chi connectivity index (χ1n) is 6.88. The summed E-state index contributed by atoms with van der Waals surface area (Å²) in [6, 6.07) is 7.71. The van der Waals surface area contributed by atoms with Crippen molar-refractivity contribution in [2.24, 2.45) is 5.92 Å². The Morgan fingerprint density at radius 3 is 2.26 bits per heavy atom. The lowest BCUT2D eigenvalue weighted by atomic mass is 10.2. The molecule has 0 atom stereocenters. The first-order valence-corrected chi connectivity index (χ1v) is 8.49. The summed E-state index contributed by atoms with van der Waals surface area (Å²) in [6.45, 7) is 0.486. The molecule has 5 heteroatoms. The zero-order chi connectivity index (χ0) is 13.5. The molecule has 0 amide bonds. The average Bonchev–Trinajstić information content (AvgIpc) is 3.21. The van der Waals surface area contributed by atoms with Gasteiger partial charge in [0, 0.05) is 18.3 Å². The number of rotatable bonds is 6. The number of sulfonamides is 1. The Labute approximate surface area is 114 Å². The number of hydrogen-bond acceptors (Lipinski definition) is 3. The molecule has 2 aliphatic carbocycles. The van der Waals surface area contributed by atoms with Gasteiger partial charge in [-0.05, 0) is 49.3 Å². The highest BCUT2D eigenvalue weighted by Gasteiger charge is 2.39. The minimum Gasteiger partial charge on any atom is -0.399 e. The van der Waals surface area contributed by atoms with E-state index in [2.05, 4.69) is 0 Å². The second-order valence-electron chi connectivity index (χ2n) is 5.74. The quantitative estimate of drug-likeness (QED) is 0.810. The first-order chi connectivity index (χ1) is 9.04. The van der Waals surface area contributed by atoms with E-state index in [9.17, 15) is 8.42 Å². The minimum atomic E-state index is -3.10. The van der Waals surface area contributed by atoms with Gasteiger partial charge in [0.05, 0.1) is 5.75 Å². The fraction of sp³-hybridized carbons (Fsp3) is 0.571. The molecular formula is C14H20N2O2S. The Morgan fingerprint density at radius 2 is 1.74 bits per heavy atom. The van der Waals surface area contributed by atoms with Crippen molar-refractivity contribution in [2.75, 3.05) is 11.5 Å². The zero-order valence-corrected chi connectivity index (χ0v) is 11.8. The number of anilines is 1. The van der Waals surface area contributed by atoms with Gasteiger partial charge in [-0.1, -0.05) is 12.1 Å². The summed E-state index contributed by atoms with van der Waals surface area (Å²) in [5.41, 5.74) is 7.38. The van der Waals surface area contributed by atoms with Crippen molar-refractivity contribution in [1.29, 1.82) is 0 Å². The van der Waals surface area contributed by atoms with Gasteiger partial charge in [0.1, 0.15) is 0 Å². The van der Waals surface area contributed by atoms with E-state index in [0.717, 1.165) is 31.2 Å². The molecule has 104 valence electrons. The molecule has 0 spiro atoms. The van der Waals surface area contributed by atoms with E-state index in [1.54, 1.807) is 4.31 Å². The van der Waals surface area contributed by atoms with Crippen LogP contribution in [-0.4, -0.2) is 24.5 Å². The molecule has 0 aromatic heterocycles. The summed E-state index contributed by atoms with van der Waals surface area (Å²) < 4.78 is 26.6. The predicted molar refractivity (Wildman–Crippen MR) is 75.9 cm³/mol. The largest absolute Gasteiger partial charge is 0.399 e. The number of nitrogen functional groups attached to an aromatic ring is 1. The van der Waals surface area contributed by atoms with Crippen LogP contribution in [0.4, 0.5) is 5.69 Å². The molecule has 0 saturated heterocycles. The Balaban J connectivity index is 1.75. The number of nitrogens with two attached hydrogens (primary N) is 1. The Bertz CT molecular complexity index is 545. The highest BCUT2D eigenvalue weighted by Crippen LogP contribution is 2.36. The molecule has 2 aliphatic rings. The smallest absolute Gasteiger partial charge is 0.214 e. The normalized spacial score (nSPS) is 19.8. The molecule has 4 nitrogen and oxygen atoms in total. The molecule has 1 aromatic rings. The average molecular weight is 280 g/mol. The van der Waals surface area contributed by atoms with Gasteiger partial charge < -0.3 is 5.73 Å². The maximum Gasteiger partial charge on any atom is 0.214 e. The number of nitrogens with zero attached hydrogens (tertiary/aromatic N) is 1. The van der Waals surface area contributed by atoms with Crippen LogP contribution in [0.3, 0.4) is 0 Å². The highest BCUT2D eigenvalue weighted by molar-refractivity contribution is 7.89. The van der Waals surface area contributed by atoms with Crippen LogP contribution in [-0.2, 0) is 16.6 Å². The number of benzene rings is 1. The van der Waals surface area contributed by atoms with Crippen molar-refractivity contribution in [1.82, 2.24) is 4.31 Å². The minimum absolute atomic E-state index is 0.223. The molecule has 2 fully saturated rings. The molecule has 3 rings (SSSR count). The molecule has 19 heavy (non-hydrogen) atoms. The van der Waals surface area contributed by atoms with Crippen molar-refractivity contribution >= 4 is 15.7 Å². The summed E-state index contributed by atoms with van der Waals surface area (Å²) >= 11 is 0. The second-order valence-corrected chi connectivity index (χ2v) is 7.71. The van der Waals surface area contributed by atoms with Crippen LogP contribution in [0.15, 0.2) is 24.3 Å². The molecule has 0 aliphatic heterocycles. The molecule has 2 N–H and O–H groups in total. The van der Waals surface area contributed by atoms with Crippen molar-refractivity contribution in [3.63, 3.8) is 0 Å². The van der Waals surface area contributed by atoms with E-state index in [4.69, 9.17) is 5.73 Å². The van der Waals surface area contributed by atoms with Gasteiger partial charge in [-0.25, -0.2) is 8.42 Å². The third-order valence-electron chi connectivity index (χ3n) is 3.77. The molecular weight excluding hydrogens is 260 g/mol. The molecule has 1 aromatic carbocycles. The molecule has 0 unspecified atom stereocenters. The van der Waals surface area contributed by atoms with E-state index >= 15 is 0 Å². The van der Waals surface area contributed by atoms with Gasteiger partial charge in [-0.2, -0.15) is 4.31 Å². The Morgan fingerprint density at radius 1 is 1.11 bits per heavy atom. The number of hydrogen-bond donors (Lipinski definition) is 1. The maximum absolute atomic E-state index is 12.4. The van der Waals surface area contributed by atoms with Crippen LogP contribution < -0.4 is 5.73 Å². The lowest BCUT2D eigenvalue weighted by molar-refractivity contribution is 0.397. The van der Waals surface area contributed by atoms with Crippen molar-refractivity contribution in [2.45, 2.75) is 38.3 Å². The summed E-state index contributed by atoms with van der Waals surface area (Å²) in [7, 11) is -3.10. The summed E-state index contributed by atoms with van der Waals surface area (Å²) in [6.07, 6.45) is 4.14. The van der Waals surface area contributed by atoms with Gasteiger partial charge in [0.15, 0.2) is 0 Å². The van der Waals surface area contributed by atoms with Crippen LogP contribution in [0.1, 0.15) is 31.2 Å². The van der Waals surface area contributed by atoms with E-state index < -0.39 is 10.0 Å². The third kappa shape index (κ3) is 3.28. The molecule has 0 bridgehead atoms. The molecule has 2 saturated carbocycles. The van der Waals surface area contributed by atoms with E-state index in [-0.39, 0.29) is 6.04 Å². The fourth-order valence-corrected chi connectivity index (χ4v) is 4.43. The van der Waals surface area contributed by atoms with Gasteiger partial charge in [0.25, 0.3) is 0 Å². The third-order valence-corrected chi connectivity index (χ3v) is 5.81. The summed E-state index contributed by atoms with van der Waals surface area (Å²) in [5.74, 6) is 0.732. The topological polar surface area (TPSA) is 63.4 Å². The molecule has 0 radical (unpaired) electrons. The van der Waals surface area contributed by atoms with Crippen LogP contribution in [0, 0.1) is 5.92 Å². The second kappa shape index (κ2) is 4.80. The van der Waals surface area contributed by atoms with E-state index in [1.807, 2.05) is 24.3 Å². The summed E-state index contributed by atoms with van der Waals surface area (Å²) in [5, 5.41) is 0. The Kier molecular flexibility index (Phi) is 3.27. The fourth-order valence-electron chi connectivity index (χ4n) is 2.30. The van der Waals surface area contributed by atoms with Gasteiger partial charge in [0.2, 0.25) is 10.0 Å². The van der Waals surface area contributed by atoms with Gasteiger partial charge >= 0.3 is 0 Å². The monoisotopic (exact) mass is 280 g/mol. The van der Waals surface area contributed by atoms with Crippen molar-refractivity contribution < 1.29 is 8.42 Å². The van der Waals surface area contributed by atoms with Crippen molar-refractivity contribution in [3.05, 3.63) is 29.8 Å². The lowest BCUT2D eigenvalue weighted by Crippen LogP contribution is -2.35. The van der Waals surface area contributed by atoms with Crippen LogP contribution in [0.2, 0.25) is 0 Å². The van der Waals surface area contributed by atoms with Gasteiger partial charge in [-0.3, -0.25) is 0 Å². The zero-order valence-electron chi connectivity index (χ0n) is 11.0. The SMILES string of the molecule is Nc1ccc(CN(C2CC2)S(=O)(=O)CC2CC2)cc1. The lowest BCUT2D eigenvalue weighted by Gasteiger charge is -2.22. The molecule has 0 heterocycles. The summed E-state index contributed by atoms with van der Waals surface area (Å²) in [4.78, 5) is 0. The van der Waals surface area contributed by atoms with E-state index in [1.165, 1.54) is 0 Å². The standard InChI is InChI=1S/C14H20N2O2S/c15-13-5-3-11(4-6-13)9-16(14-7-8-14)19(17,18)10-12-1-2-12/h3-6,12,14H,1-2,7-10,15H2. The first kappa shape index (κ1) is 12.9. The Hall–Kier alpha value is -1.07. The van der Waals surface area contributed by atoms with Crippen molar-refractivity contribution in [3.8, 4) is 0 Å². The maximum atomic E-state index is 12.4. The predicted octanol–water partition coefficient (Wildman–Crippen LogP) is 1.97. The van der Waals surface area contributed by atoms with Crippen LogP contribution in [0.5, 0.6) is 0 Å². The van der Waals surface area contributed by atoms with Gasteiger partial charge in [-0.15, -0.1) is 0 Å².